The molecule has 0 N–H and O–H groups in total. The smallest absolute Gasteiger partial charge is 0.235 e. The van der Waals surface area contributed by atoms with E-state index < -0.39 is 11.7 Å². The van der Waals surface area contributed by atoms with Crippen LogP contribution in [0.1, 0.15) is 25.1 Å². The lowest BCUT2D eigenvalue weighted by Gasteiger charge is -2.12. The number of nitriles is 1. The Kier molecular flexibility index (Phi) is 5.19. The van der Waals surface area contributed by atoms with Crippen LogP contribution < -0.4 is 0 Å². The molecule has 0 unspecified atom stereocenters. The molecule has 1 aromatic heterocycles. The van der Waals surface area contributed by atoms with Crippen molar-refractivity contribution < 1.29 is 13.2 Å². The first-order chi connectivity index (χ1) is 10.6. The zero-order chi connectivity index (χ0) is 17.4. The molecule has 0 spiro atoms. The molecule has 0 bridgehead atoms. The second kappa shape index (κ2) is 6.63. The molecule has 0 radical (unpaired) electrons. The van der Waals surface area contributed by atoms with E-state index in [9.17, 15) is 13.2 Å². The first-order valence-electron chi connectivity index (χ1n) is 6.36. The molecule has 2 aromatic rings. The molecule has 0 amide bonds. The van der Waals surface area contributed by atoms with Crippen LogP contribution in [0, 0.1) is 11.3 Å². The van der Waals surface area contributed by atoms with Gasteiger partial charge in [-0.1, -0.05) is 37.0 Å². The van der Waals surface area contributed by atoms with Crippen molar-refractivity contribution in [2.75, 3.05) is 0 Å². The van der Waals surface area contributed by atoms with Crippen LogP contribution in [-0.4, -0.2) is 15.0 Å². The first kappa shape index (κ1) is 18.0. The standard InChI is InChI=1S/C14H10Cl2F3N3S/c1-7(2)23-12-6-22(21-11(12)5-20)13-9(15)3-8(4-10(13)16)14(17,18)19/h3-4,6-7H,1-2H3. The van der Waals surface area contributed by atoms with Crippen LogP contribution >= 0.6 is 35.0 Å². The van der Waals surface area contributed by atoms with Crippen LogP contribution in [-0.2, 0) is 6.18 Å². The zero-order valence-electron chi connectivity index (χ0n) is 11.9. The van der Waals surface area contributed by atoms with Gasteiger partial charge in [-0.25, -0.2) is 4.68 Å². The Labute approximate surface area is 145 Å². The van der Waals surface area contributed by atoms with Crippen molar-refractivity contribution in [3.05, 3.63) is 39.6 Å². The number of hydrogen-bond donors (Lipinski definition) is 0. The van der Waals surface area contributed by atoms with Gasteiger partial charge in [0.25, 0.3) is 0 Å². The Morgan fingerprint density at radius 2 is 1.83 bits per heavy atom. The van der Waals surface area contributed by atoms with Gasteiger partial charge in [0.05, 0.1) is 20.5 Å². The van der Waals surface area contributed by atoms with Gasteiger partial charge in [0.1, 0.15) is 11.8 Å². The molecule has 1 aromatic carbocycles. The molecule has 0 saturated heterocycles. The van der Waals surface area contributed by atoms with Crippen LogP contribution in [0.25, 0.3) is 5.69 Å². The molecule has 3 nitrogen and oxygen atoms in total. The maximum absolute atomic E-state index is 12.8. The molecule has 9 heteroatoms. The molecular weight excluding hydrogens is 370 g/mol. The van der Waals surface area contributed by atoms with E-state index in [-0.39, 0.29) is 26.7 Å². The number of alkyl halides is 3. The van der Waals surface area contributed by atoms with Gasteiger partial charge in [-0.2, -0.15) is 23.5 Å². The zero-order valence-corrected chi connectivity index (χ0v) is 14.3. The summed E-state index contributed by atoms with van der Waals surface area (Å²) in [5.74, 6) is 0. The molecule has 23 heavy (non-hydrogen) atoms. The molecule has 0 aliphatic rings. The van der Waals surface area contributed by atoms with Gasteiger partial charge in [0, 0.05) is 11.4 Å². The van der Waals surface area contributed by atoms with E-state index in [0.29, 0.717) is 4.90 Å². The van der Waals surface area contributed by atoms with Crippen LogP contribution in [0.5, 0.6) is 0 Å². The van der Waals surface area contributed by atoms with Gasteiger partial charge in [-0.15, -0.1) is 11.8 Å². The molecule has 0 fully saturated rings. The van der Waals surface area contributed by atoms with E-state index in [0.717, 1.165) is 12.1 Å². The van der Waals surface area contributed by atoms with Crippen LogP contribution in [0.3, 0.4) is 0 Å². The average molecular weight is 380 g/mol. The van der Waals surface area contributed by atoms with Crippen molar-refractivity contribution in [1.29, 1.82) is 5.26 Å². The second-order valence-electron chi connectivity index (χ2n) is 4.85. The van der Waals surface area contributed by atoms with E-state index in [1.54, 1.807) is 0 Å². The highest BCUT2D eigenvalue weighted by Crippen LogP contribution is 2.38. The van der Waals surface area contributed by atoms with Crippen molar-refractivity contribution in [3.63, 3.8) is 0 Å². The highest BCUT2D eigenvalue weighted by Gasteiger charge is 2.32. The van der Waals surface area contributed by atoms with E-state index in [1.165, 1.54) is 22.6 Å². The van der Waals surface area contributed by atoms with Gasteiger partial charge >= 0.3 is 6.18 Å². The maximum Gasteiger partial charge on any atom is 0.416 e. The lowest BCUT2D eigenvalue weighted by atomic mass is 10.2. The summed E-state index contributed by atoms with van der Waals surface area (Å²) in [7, 11) is 0. The summed E-state index contributed by atoms with van der Waals surface area (Å²) in [6, 6.07) is 3.51. The van der Waals surface area contributed by atoms with Crippen molar-refractivity contribution in [1.82, 2.24) is 9.78 Å². The Bertz CT molecular complexity index is 756. The van der Waals surface area contributed by atoms with Crippen LogP contribution in [0.15, 0.2) is 23.2 Å². The van der Waals surface area contributed by atoms with E-state index in [1.807, 2.05) is 19.9 Å². The van der Waals surface area contributed by atoms with Crippen LogP contribution in [0.4, 0.5) is 13.2 Å². The minimum absolute atomic E-state index is 0.105. The number of hydrogen-bond acceptors (Lipinski definition) is 3. The summed E-state index contributed by atoms with van der Waals surface area (Å²) < 4.78 is 39.5. The first-order valence-corrected chi connectivity index (χ1v) is 8.00. The van der Waals surface area contributed by atoms with E-state index in [2.05, 4.69) is 5.10 Å². The summed E-state index contributed by atoms with van der Waals surface area (Å²) in [5, 5.41) is 13.0. The van der Waals surface area contributed by atoms with Gasteiger partial charge in [0.15, 0.2) is 5.69 Å². The topological polar surface area (TPSA) is 41.6 Å². The Balaban J connectivity index is 2.55. The fourth-order valence-electron chi connectivity index (χ4n) is 1.84. The van der Waals surface area contributed by atoms with Gasteiger partial charge in [-0.05, 0) is 12.1 Å². The molecule has 0 atom stereocenters. The van der Waals surface area contributed by atoms with E-state index in [4.69, 9.17) is 28.5 Å². The minimum Gasteiger partial charge on any atom is -0.235 e. The number of thioether (sulfide) groups is 1. The monoisotopic (exact) mass is 379 g/mol. The lowest BCUT2D eigenvalue weighted by molar-refractivity contribution is -0.137. The third-order valence-electron chi connectivity index (χ3n) is 2.72. The molecule has 2 rings (SSSR count). The second-order valence-corrected chi connectivity index (χ2v) is 7.28. The predicted molar refractivity (Wildman–Crippen MR) is 84.3 cm³/mol. The molecular formula is C14H10Cl2F3N3S. The van der Waals surface area contributed by atoms with Crippen molar-refractivity contribution in [3.8, 4) is 11.8 Å². The summed E-state index contributed by atoms with van der Waals surface area (Å²) in [5.41, 5.74) is -0.676. The normalized spacial score (nSPS) is 11.8. The fraction of sp³-hybridized carbons (Fsp3) is 0.286. The molecule has 0 saturated carbocycles. The molecule has 0 aliphatic carbocycles. The Morgan fingerprint density at radius 3 is 2.26 bits per heavy atom. The largest absolute Gasteiger partial charge is 0.416 e. The number of benzene rings is 1. The third kappa shape index (κ3) is 3.94. The van der Waals surface area contributed by atoms with Gasteiger partial charge in [-0.3, -0.25) is 0 Å². The molecule has 0 aliphatic heterocycles. The lowest BCUT2D eigenvalue weighted by Crippen LogP contribution is -2.07. The highest BCUT2D eigenvalue weighted by molar-refractivity contribution is 8.00. The van der Waals surface area contributed by atoms with Gasteiger partial charge in [0.2, 0.25) is 0 Å². The van der Waals surface area contributed by atoms with Crippen molar-refractivity contribution in [2.24, 2.45) is 0 Å². The third-order valence-corrected chi connectivity index (χ3v) is 4.32. The Morgan fingerprint density at radius 1 is 1.26 bits per heavy atom. The van der Waals surface area contributed by atoms with Crippen LogP contribution in [0.2, 0.25) is 10.0 Å². The van der Waals surface area contributed by atoms with Crippen molar-refractivity contribution in [2.45, 2.75) is 30.2 Å². The number of aromatic nitrogens is 2. The highest BCUT2D eigenvalue weighted by atomic mass is 35.5. The minimum atomic E-state index is -4.55. The fourth-order valence-corrected chi connectivity index (χ4v) is 3.37. The summed E-state index contributed by atoms with van der Waals surface area (Å²) in [6.45, 7) is 3.89. The quantitative estimate of drug-likeness (QED) is 0.654. The number of rotatable bonds is 3. The van der Waals surface area contributed by atoms with E-state index >= 15 is 0 Å². The summed E-state index contributed by atoms with van der Waals surface area (Å²) in [6.07, 6.45) is -3.02. The molecule has 1 heterocycles. The maximum atomic E-state index is 12.8. The number of halogens is 5. The average Bonchev–Trinajstić information content (AvgIpc) is 2.78. The number of nitrogens with zero attached hydrogens (tertiary/aromatic N) is 3. The van der Waals surface area contributed by atoms with Crippen molar-refractivity contribution >= 4 is 35.0 Å². The Hall–Kier alpha value is -1.36. The summed E-state index contributed by atoms with van der Waals surface area (Å²) >= 11 is 13.3. The summed E-state index contributed by atoms with van der Waals surface area (Å²) in [4.78, 5) is 0.606. The predicted octanol–water partition coefficient (Wildman–Crippen LogP) is 5.57. The van der Waals surface area contributed by atoms with Gasteiger partial charge < -0.3 is 0 Å². The molecule has 122 valence electrons. The SMILES string of the molecule is CC(C)Sc1cn(-c2c(Cl)cc(C(F)(F)F)cc2Cl)nc1C#N.